The zero-order chi connectivity index (χ0) is 11.0. The molecular weight excluding hydrogens is 188 g/mol. The summed E-state index contributed by atoms with van der Waals surface area (Å²) in [5.41, 5.74) is 0. The highest BCUT2D eigenvalue weighted by atomic mass is 16.2. The minimum absolute atomic E-state index is 0.0749. The molecule has 0 aromatic carbocycles. The topological polar surface area (TPSA) is 32.3 Å². The van der Waals surface area contributed by atoms with Crippen LogP contribution < -0.4 is 5.32 Å². The van der Waals surface area contributed by atoms with Crippen LogP contribution in [0.25, 0.3) is 0 Å². The molecule has 1 aliphatic heterocycles. The van der Waals surface area contributed by atoms with Crippen molar-refractivity contribution in [2.24, 2.45) is 5.92 Å². The van der Waals surface area contributed by atoms with Crippen molar-refractivity contribution >= 4 is 5.91 Å². The molecule has 1 saturated heterocycles. The van der Waals surface area contributed by atoms with Crippen LogP contribution in [0.5, 0.6) is 0 Å². The Hall–Kier alpha value is -0.570. The van der Waals surface area contributed by atoms with Gasteiger partial charge in [-0.1, -0.05) is 20.8 Å². The van der Waals surface area contributed by atoms with Crippen LogP contribution in [0.2, 0.25) is 0 Å². The summed E-state index contributed by atoms with van der Waals surface area (Å²) < 4.78 is 0. The van der Waals surface area contributed by atoms with Crippen LogP contribution in [0.3, 0.4) is 0 Å². The lowest BCUT2D eigenvalue weighted by atomic mass is 9.80. The minimum atomic E-state index is 0.0749. The molecule has 86 valence electrons. The smallest absolute Gasteiger partial charge is 0.241 e. The van der Waals surface area contributed by atoms with E-state index in [1.165, 1.54) is 12.8 Å². The van der Waals surface area contributed by atoms with Gasteiger partial charge < -0.3 is 4.90 Å². The normalized spacial score (nSPS) is 40.7. The van der Waals surface area contributed by atoms with Crippen molar-refractivity contribution in [3.63, 3.8) is 0 Å². The summed E-state index contributed by atoms with van der Waals surface area (Å²) >= 11 is 0. The van der Waals surface area contributed by atoms with Gasteiger partial charge in [-0.3, -0.25) is 10.1 Å². The van der Waals surface area contributed by atoms with Crippen LogP contribution in [0, 0.1) is 5.92 Å². The molecule has 0 radical (unpaired) electrons. The highest BCUT2D eigenvalue weighted by molar-refractivity contribution is 5.84. The maximum atomic E-state index is 12.1. The Bertz CT molecular complexity index is 248. The van der Waals surface area contributed by atoms with Crippen molar-refractivity contribution in [1.82, 2.24) is 10.2 Å². The molecule has 2 fully saturated rings. The number of carbonyl (C=O) groups excluding carboxylic acids is 1. The van der Waals surface area contributed by atoms with Crippen LogP contribution in [0.4, 0.5) is 0 Å². The molecule has 2 rings (SSSR count). The second kappa shape index (κ2) is 4.12. The molecular formula is C12H22N2O. The predicted molar refractivity (Wildman–Crippen MR) is 60.3 cm³/mol. The molecule has 0 aromatic rings. The Morgan fingerprint density at radius 3 is 2.47 bits per heavy atom. The fraction of sp³-hybridized carbons (Fsp3) is 0.917. The van der Waals surface area contributed by atoms with E-state index in [1.54, 1.807) is 0 Å². The molecule has 2 atom stereocenters. The maximum Gasteiger partial charge on any atom is 0.241 e. The van der Waals surface area contributed by atoms with Crippen LogP contribution in [-0.2, 0) is 4.79 Å². The second-order valence-electron chi connectivity index (χ2n) is 5.03. The lowest BCUT2D eigenvalue weighted by Gasteiger charge is -2.42. The van der Waals surface area contributed by atoms with Gasteiger partial charge in [0.25, 0.3) is 0 Å². The maximum absolute atomic E-state index is 12.1. The van der Waals surface area contributed by atoms with Crippen molar-refractivity contribution in [1.29, 1.82) is 0 Å². The number of hydrogen-bond donors (Lipinski definition) is 1. The van der Waals surface area contributed by atoms with E-state index < -0.39 is 0 Å². The third-order valence-electron chi connectivity index (χ3n) is 3.82. The average molecular weight is 210 g/mol. The van der Waals surface area contributed by atoms with Crippen LogP contribution in [-0.4, -0.2) is 29.1 Å². The zero-order valence-corrected chi connectivity index (χ0v) is 9.99. The summed E-state index contributed by atoms with van der Waals surface area (Å²) in [6.45, 7) is 6.50. The van der Waals surface area contributed by atoms with Gasteiger partial charge >= 0.3 is 0 Å². The lowest BCUT2D eigenvalue weighted by Crippen LogP contribution is -2.50. The van der Waals surface area contributed by atoms with Gasteiger partial charge in [0.05, 0.1) is 12.2 Å². The molecule has 0 aromatic heterocycles. The van der Waals surface area contributed by atoms with Crippen molar-refractivity contribution in [2.75, 3.05) is 0 Å². The minimum Gasteiger partial charge on any atom is -0.323 e. The van der Waals surface area contributed by atoms with Crippen molar-refractivity contribution in [3.8, 4) is 0 Å². The van der Waals surface area contributed by atoms with Gasteiger partial charge in [-0.25, -0.2) is 0 Å². The van der Waals surface area contributed by atoms with Gasteiger partial charge in [0.1, 0.15) is 0 Å². The number of hydrogen-bond acceptors (Lipinski definition) is 2. The largest absolute Gasteiger partial charge is 0.323 e. The van der Waals surface area contributed by atoms with Gasteiger partial charge in [0.2, 0.25) is 5.91 Å². The first-order valence-electron chi connectivity index (χ1n) is 6.25. The number of amides is 1. The zero-order valence-electron chi connectivity index (χ0n) is 9.99. The first-order valence-corrected chi connectivity index (χ1v) is 6.25. The molecule has 3 heteroatoms. The average Bonchev–Trinajstić information content (AvgIpc) is 2.50. The van der Waals surface area contributed by atoms with E-state index in [2.05, 4.69) is 31.0 Å². The Balaban J connectivity index is 2.04. The summed E-state index contributed by atoms with van der Waals surface area (Å²) in [6.07, 6.45) is 4.61. The first-order chi connectivity index (χ1) is 7.17. The van der Waals surface area contributed by atoms with Gasteiger partial charge in [0.15, 0.2) is 0 Å². The summed E-state index contributed by atoms with van der Waals surface area (Å²) in [7, 11) is 0. The van der Waals surface area contributed by atoms with Crippen LogP contribution in [0.15, 0.2) is 0 Å². The van der Waals surface area contributed by atoms with Crippen molar-refractivity contribution < 1.29 is 4.79 Å². The summed E-state index contributed by atoms with van der Waals surface area (Å²) in [4.78, 5) is 14.2. The number of nitrogens with one attached hydrogen (secondary N) is 1. The first kappa shape index (κ1) is 10.9. The monoisotopic (exact) mass is 210 g/mol. The SMILES string of the molecule is CCC1NC(CC)N(C2CC(C)C2)C1=O. The Kier molecular flexibility index (Phi) is 3.01. The number of nitrogens with zero attached hydrogens (tertiary/aromatic N) is 1. The van der Waals surface area contributed by atoms with E-state index in [0.717, 1.165) is 18.8 Å². The van der Waals surface area contributed by atoms with E-state index in [0.29, 0.717) is 18.1 Å². The lowest BCUT2D eigenvalue weighted by molar-refractivity contribution is -0.135. The van der Waals surface area contributed by atoms with Crippen molar-refractivity contribution in [2.45, 2.75) is 64.7 Å². The summed E-state index contributed by atoms with van der Waals surface area (Å²) in [5, 5.41) is 3.43. The highest BCUT2D eigenvalue weighted by Gasteiger charge is 2.44. The number of carbonyl (C=O) groups is 1. The molecule has 2 aliphatic rings. The van der Waals surface area contributed by atoms with Gasteiger partial charge in [-0.15, -0.1) is 0 Å². The fourth-order valence-corrected chi connectivity index (χ4v) is 2.85. The molecule has 1 N–H and O–H groups in total. The fourth-order valence-electron chi connectivity index (χ4n) is 2.85. The summed E-state index contributed by atoms with van der Waals surface area (Å²) in [5.74, 6) is 1.14. The van der Waals surface area contributed by atoms with Gasteiger partial charge in [-0.2, -0.15) is 0 Å². The Labute approximate surface area is 92.2 Å². The quantitative estimate of drug-likeness (QED) is 0.769. The molecule has 1 aliphatic carbocycles. The van der Waals surface area contributed by atoms with E-state index in [1.807, 2.05) is 0 Å². The second-order valence-corrected chi connectivity index (χ2v) is 5.03. The molecule has 1 saturated carbocycles. The predicted octanol–water partition coefficient (Wildman–Crippen LogP) is 1.73. The highest BCUT2D eigenvalue weighted by Crippen LogP contribution is 2.34. The Morgan fingerprint density at radius 1 is 1.33 bits per heavy atom. The standard InChI is InChI=1S/C12H22N2O/c1-4-10-12(15)14(11(5-2)13-10)9-6-8(3)7-9/h8-11,13H,4-7H2,1-3H3. The van der Waals surface area contributed by atoms with E-state index >= 15 is 0 Å². The number of rotatable bonds is 3. The summed E-state index contributed by atoms with van der Waals surface area (Å²) in [6, 6.07) is 0.590. The molecule has 1 amide bonds. The van der Waals surface area contributed by atoms with Crippen LogP contribution in [0.1, 0.15) is 46.5 Å². The van der Waals surface area contributed by atoms with E-state index in [9.17, 15) is 4.79 Å². The molecule has 1 heterocycles. The molecule has 2 unspecified atom stereocenters. The molecule has 15 heavy (non-hydrogen) atoms. The van der Waals surface area contributed by atoms with E-state index in [-0.39, 0.29) is 6.04 Å². The Morgan fingerprint density at radius 2 is 2.00 bits per heavy atom. The van der Waals surface area contributed by atoms with Gasteiger partial charge in [-0.05, 0) is 31.6 Å². The molecule has 0 bridgehead atoms. The van der Waals surface area contributed by atoms with Crippen LogP contribution >= 0.6 is 0 Å². The van der Waals surface area contributed by atoms with Gasteiger partial charge in [0, 0.05) is 6.04 Å². The van der Waals surface area contributed by atoms with E-state index in [4.69, 9.17) is 0 Å². The molecule has 0 spiro atoms. The van der Waals surface area contributed by atoms with Crippen molar-refractivity contribution in [3.05, 3.63) is 0 Å². The third-order valence-corrected chi connectivity index (χ3v) is 3.82. The third kappa shape index (κ3) is 1.78. The molecule has 3 nitrogen and oxygen atoms in total.